The number of pyridine rings is 2. The molecular formula is C18H20ClN5. The zero-order chi connectivity index (χ0) is 16.7. The summed E-state index contributed by atoms with van der Waals surface area (Å²) in [5, 5.41) is 1.48. The molecule has 2 unspecified atom stereocenters. The molecule has 0 aliphatic heterocycles. The monoisotopic (exact) mass is 341 g/mol. The van der Waals surface area contributed by atoms with E-state index in [2.05, 4.69) is 15.0 Å². The van der Waals surface area contributed by atoms with Gasteiger partial charge in [-0.15, -0.1) is 0 Å². The molecule has 1 aliphatic rings. The van der Waals surface area contributed by atoms with E-state index in [1.807, 2.05) is 30.5 Å². The molecule has 0 aromatic carbocycles. The molecule has 0 saturated heterocycles. The Morgan fingerprint density at radius 1 is 1.29 bits per heavy atom. The van der Waals surface area contributed by atoms with Crippen LogP contribution in [0.4, 0.5) is 0 Å². The van der Waals surface area contributed by atoms with Gasteiger partial charge in [-0.3, -0.25) is 0 Å². The summed E-state index contributed by atoms with van der Waals surface area (Å²) in [5.74, 6) is 0. The maximum absolute atomic E-state index is 6.66. The van der Waals surface area contributed by atoms with Crippen molar-refractivity contribution >= 4 is 22.6 Å². The first kappa shape index (κ1) is 15.6. The summed E-state index contributed by atoms with van der Waals surface area (Å²) < 4.78 is 0. The molecule has 0 amide bonds. The van der Waals surface area contributed by atoms with Crippen LogP contribution in [0.5, 0.6) is 0 Å². The van der Waals surface area contributed by atoms with Gasteiger partial charge >= 0.3 is 0 Å². The van der Waals surface area contributed by atoms with Gasteiger partial charge < -0.3 is 16.5 Å². The van der Waals surface area contributed by atoms with Gasteiger partial charge in [-0.05, 0) is 42.7 Å². The topological polar surface area (TPSA) is 93.6 Å². The molecule has 5 N–H and O–H groups in total. The highest BCUT2D eigenvalue weighted by molar-refractivity contribution is 6.29. The maximum atomic E-state index is 6.66. The third-order valence-corrected chi connectivity index (χ3v) is 5.24. The van der Waals surface area contributed by atoms with Crippen LogP contribution in [-0.4, -0.2) is 21.0 Å². The molecule has 1 saturated carbocycles. The van der Waals surface area contributed by atoms with Crippen molar-refractivity contribution in [2.24, 2.45) is 11.5 Å². The Kier molecular flexibility index (Phi) is 3.79. The van der Waals surface area contributed by atoms with E-state index in [1.165, 1.54) is 0 Å². The lowest BCUT2D eigenvalue weighted by atomic mass is 9.76. The van der Waals surface area contributed by atoms with E-state index in [0.717, 1.165) is 53.5 Å². The van der Waals surface area contributed by atoms with Crippen LogP contribution in [0.25, 0.3) is 22.2 Å². The molecule has 3 aromatic rings. The highest BCUT2D eigenvalue weighted by Gasteiger charge is 2.38. The number of nitrogens with one attached hydrogen (secondary N) is 1. The Bertz CT molecular complexity index is 890. The van der Waals surface area contributed by atoms with Crippen molar-refractivity contribution in [1.82, 2.24) is 15.0 Å². The van der Waals surface area contributed by atoms with Crippen molar-refractivity contribution in [3.63, 3.8) is 0 Å². The number of aromatic nitrogens is 3. The number of aromatic amines is 1. The largest absolute Gasteiger partial charge is 0.346 e. The zero-order valence-corrected chi connectivity index (χ0v) is 14.1. The quantitative estimate of drug-likeness (QED) is 0.623. The van der Waals surface area contributed by atoms with E-state index in [9.17, 15) is 0 Å². The number of halogens is 1. The predicted octanol–water partition coefficient (Wildman–Crippen LogP) is 3.33. The molecular weight excluding hydrogens is 322 g/mol. The Morgan fingerprint density at radius 2 is 2.17 bits per heavy atom. The lowest BCUT2D eigenvalue weighted by Gasteiger charge is -2.38. The lowest BCUT2D eigenvalue weighted by Crippen LogP contribution is -2.54. The Morgan fingerprint density at radius 3 is 3.00 bits per heavy atom. The average Bonchev–Trinajstić information content (AvgIpc) is 3.01. The van der Waals surface area contributed by atoms with Gasteiger partial charge in [0.2, 0.25) is 0 Å². The van der Waals surface area contributed by atoms with E-state index in [0.29, 0.717) is 5.15 Å². The summed E-state index contributed by atoms with van der Waals surface area (Å²) in [6, 6.07) is 7.73. The molecule has 3 heterocycles. The van der Waals surface area contributed by atoms with Crippen molar-refractivity contribution in [3.05, 3.63) is 47.5 Å². The van der Waals surface area contributed by atoms with Gasteiger partial charge in [0, 0.05) is 29.4 Å². The Labute approximate surface area is 145 Å². The van der Waals surface area contributed by atoms with E-state index < -0.39 is 5.54 Å². The second kappa shape index (κ2) is 5.84. The number of H-pyrrole nitrogens is 1. The van der Waals surface area contributed by atoms with Crippen LogP contribution in [0.1, 0.15) is 31.4 Å². The SMILES string of the molecule is NC1CCCCC1(N)c1cc(-c2c[nH]c3ncccc23)cc(Cl)n1. The molecule has 5 nitrogen and oxygen atoms in total. The molecule has 1 aliphatic carbocycles. The van der Waals surface area contributed by atoms with E-state index in [-0.39, 0.29) is 6.04 Å². The number of nitrogens with two attached hydrogens (primary N) is 2. The second-order valence-electron chi connectivity index (χ2n) is 6.56. The van der Waals surface area contributed by atoms with Crippen LogP contribution in [0.15, 0.2) is 36.7 Å². The average molecular weight is 342 g/mol. The fourth-order valence-corrected chi connectivity index (χ4v) is 3.84. The van der Waals surface area contributed by atoms with Crippen LogP contribution in [0.2, 0.25) is 5.15 Å². The molecule has 6 heteroatoms. The molecule has 24 heavy (non-hydrogen) atoms. The van der Waals surface area contributed by atoms with Crippen molar-refractivity contribution in [2.75, 3.05) is 0 Å². The van der Waals surface area contributed by atoms with E-state index in [4.69, 9.17) is 23.1 Å². The minimum Gasteiger partial charge on any atom is -0.346 e. The van der Waals surface area contributed by atoms with Gasteiger partial charge in [0.1, 0.15) is 10.8 Å². The minimum atomic E-state index is -0.623. The first-order chi connectivity index (χ1) is 11.6. The van der Waals surface area contributed by atoms with Crippen LogP contribution in [0.3, 0.4) is 0 Å². The molecule has 4 rings (SSSR count). The molecule has 124 valence electrons. The normalized spacial score (nSPS) is 24.4. The number of hydrogen-bond donors (Lipinski definition) is 3. The van der Waals surface area contributed by atoms with Crippen LogP contribution in [0, 0.1) is 0 Å². The van der Waals surface area contributed by atoms with Crippen molar-refractivity contribution in [2.45, 2.75) is 37.3 Å². The fraction of sp³-hybridized carbons (Fsp3) is 0.333. The smallest absolute Gasteiger partial charge is 0.137 e. The van der Waals surface area contributed by atoms with Gasteiger partial charge in [0.15, 0.2) is 0 Å². The van der Waals surface area contributed by atoms with Gasteiger partial charge in [-0.25, -0.2) is 9.97 Å². The van der Waals surface area contributed by atoms with Crippen molar-refractivity contribution in [1.29, 1.82) is 0 Å². The van der Waals surface area contributed by atoms with Crippen LogP contribution >= 0.6 is 11.6 Å². The second-order valence-corrected chi connectivity index (χ2v) is 6.95. The Balaban J connectivity index is 1.85. The summed E-state index contributed by atoms with van der Waals surface area (Å²) in [4.78, 5) is 12.0. The zero-order valence-electron chi connectivity index (χ0n) is 13.3. The molecule has 1 fully saturated rings. The Hall–Kier alpha value is -1.95. The van der Waals surface area contributed by atoms with Crippen molar-refractivity contribution < 1.29 is 0 Å². The van der Waals surface area contributed by atoms with Crippen LogP contribution in [-0.2, 0) is 5.54 Å². The third kappa shape index (κ3) is 2.49. The number of fused-ring (bicyclic) bond motifs is 1. The highest BCUT2D eigenvalue weighted by atomic mass is 35.5. The summed E-state index contributed by atoms with van der Waals surface area (Å²) in [6.07, 6.45) is 7.63. The van der Waals surface area contributed by atoms with Crippen LogP contribution < -0.4 is 11.5 Å². The maximum Gasteiger partial charge on any atom is 0.137 e. The summed E-state index contributed by atoms with van der Waals surface area (Å²) in [5.41, 5.74) is 16.0. The third-order valence-electron chi connectivity index (χ3n) is 5.05. The van der Waals surface area contributed by atoms with Gasteiger partial charge in [0.05, 0.1) is 11.2 Å². The first-order valence-electron chi connectivity index (χ1n) is 8.23. The predicted molar refractivity (Wildman–Crippen MR) is 96.6 cm³/mol. The standard InChI is InChI=1S/C18H20ClN5/c19-16-9-11(13-10-23-17-12(13)4-3-7-22-17)8-15(24-16)18(21)6-2-1-5-14(18)20/h3-4,7-10,14H,1-2,5-6,20-21H2,(H,22,23). The molecule has 3 aromatic heterocycles. The van der Waals surface area contributed by atoms with E-state index in [1.54, 1.807) is 6.20 Å². The number of nitrogens with zero attached hydrogens (tertiary/aromatic N) is 2. The summed E-state index contributed by atoms with van der Waals surface area (Å²) in [7, 11) is 0. The van der Waals surface area contributed by atoms with Gasteiger partial charge in [-0.2, -0.15) is 0 Å². The van der Waals surface area contributed by atoms with E-state index >= 15 is 0 Å². The molecule has 2 atom stereocenters. The fourth-order valence-electron chi connectivity index (χ4n) is 3.63. The van der Waals surface area contributed by atoms with Crippen molar-refractivity contribution in [3.8, 4) is 11.1 Å². The molecule has 0 radical (unpaired) electrons. The first-order valence-corrected chi connectivity index (χ1v) is 8.61. The minimum absolute atomic E-state index is 0.102. The lowest BCUT2D eigenvalue weighted by molar-refractivity contribution is 0.250. The number of hydrogen-bond acceptors (Lipinski definition) is 4. The van der Waals surface area contributed by atoms with Gasteiger partial charge in [-0.1, -0.05) is 24.4 Å². The van der Waals surface area contributed by atoms with Gasteiger partial charge in [0.25, 0.3) is 0 Å². The number of rotatable bonds is 2. The molecule has 0 spiro atoms. The highest BCUT2D eigenvalue weighted by Crippen LogP contribution is 2.37. The summed E-state index contributed by atoms with van der Waals surface area (Å²) >= 11 is 6.31. The summed E-state index contributed by atoms with van der Waals surface area (Å²) in [6.45, 7) is 0. The molecule has 0 bridgehead atoms.